The Bertz CT molecular complexity index is 702. The molecule has 0 aliphatic carbocycles. The third kappa shape index (κ3) is 1.15. The van der Waals surface area contributed by atoms with Gasteiger partial charge in [0.1, 0.15) is 11.2 Å². The van der Waals surface area contributed by atoms with Crippen molar-refractivity contribution < 1.29 is 0 Å². The van der Waals surface area contributed by atoms with Gasteiger partial charge in [0.05, 0.1) is 21.6 Å². The highest BCUT2D eigenvalue weighted by Gasteiger charge is 2.13. The molecule has 3 aromatic heterocycles. The molecule has 0 N–H and O–H groups in total. The summed E-state index contributed by atoms with van der Waals surface area (Å²) in [6.07, 6.45) is 1.61. The van der Waals surface area contributed by atoms with E-state index in [4.69, 9.17) is 0 Å². The number of hydrogen-bond donors (Lipinski definition) is 0. The van der Waals surface area contributed by atoms with E-state index in [-0.39, 0.29) is 0 Å². The Morgan fingerprint density at radius 1 is 1.00 bits per heavy atom. The molecule has 0 atom stereocenters. The Labute approximate surface area is 96.4 Å². The van der Waals surface area contributed by atoms with Crippen molar-refractivity contribution in [2.45, 2.75) is 20.8 Å². The van der Waals surface area contributed by atoms with E-state index in [1.807, 2.05) is 13.8 Å². The van der Waals surface area contributed by atoms with Gasteiger partial charge in [-0.25, -0.2) is 9.97 Å². The van der Waals surface area contributed by atoms with Crippen LogP contribution >= 0.6 is 11.3 Å². The third-order valence-electron chi connectivity index (χ3n) is 2.84. The molecule has 0 spiro atoms. The van der Waals surface area contributed by atoms with Crippen LogP contribution in [0.4, 0.5) is 0 Å². The quantitative estimate of drug-likeness (QED) is 0.595. The van der Waals surface area contributed by atoms with Crippen LogP contribution in [0.25, 0.3) is 20.4 Å². The predicted octanol–water partition coefficient (Wildman–Crippen LogP) is 2.56. The lowest BCUT2D eigenvalue weighted by Crippen LogP contribution is -1.91. The minimum Gasteiger partial charge on any atom is -0.240 e. The number of rotatable bonds is 0. The minimum absolute atomic E-state index is 0.946. The standard InChI is InChI=1S/C11H10N4S/c1-5-6(2)14-15-11-8(5)9-10(16-11)7(3)12-4-13-9/h4H,1-3H3. The van der Waals surface area contributed by atoms with Gasteiger partial charge in [0, 0.05) is 5.39 Å². The summed E-state index contributed by atoms with van der Waals surface area (Å²) >= 11 is 1.61. The zero-order valence-corrected chi connectivity index (χ0v) is 10.1. The average molecular weight is 230 g/mol. The van der Waals surface area contributed by atoms with Crippen LogP contribution in [0, 0.1) is 20.8 Å². The van der Waals surface area contributed by atoms with Gasteiger partial charge in [-0.15, -0.1) is 16.4 Å². The molecule has 5 heteroatoms. The topological polar surface area (TPSA) is 51.6 Å². The predicted molar refractivity (Wildman–Crippen MR) is 64.7 cm³/mol. The normalized spacial score (nSPS) is 11.4. The summed E-state index contributed by atoms with van der Waals surface area (Å²) < 4.78 is 1.11. The highest BCUT2D eigenvalue weighted by atomic mass is 32.1. The van der Waals surface area contributed by atoms with E-state index in [9.17, 15) is 0 Å². The van der Waals surface area contributed by atoms with Crippen molar-refractivity contribution in [3.8, 4) is 0 Å². The van der Waals surface area contributed by atoms with Crippen molar-refractivity contribution >= 4 is 31.8 Å². The van der Waals surface area contributed by atoms with Crippen molar-refractivity contribution in [1.29, 1.82) is 0 Å². The summed E-state index contributed by atoms with van der Waals surface area (Å²) in [4.78, 5) is 9.52. The maximum atomic E-state index is 4.36. The number of nitrogens with zero attached hydrogens (tertiary/aromatic N) is 4. The molecule has 0 aliphatic heterocycles. The molecule has 4 nitrogen and oxygen atoms in total. The summed E-state index contributed by atoms with van der Waals surface area (Å²) in [5.41, 5.74) is 4.13. The van der Waals surface area contributed by atoms with Crippen LogP contribution in [0.1, 0.15) is 17.0 Å². The van der Waals surface area contributed by atoms with Crippen molar-refractivity contribution in [1.82, 2.24) is 20.2 Å². The fraction of sp³-hybridized carbons (Fsp3) is 0.273. The third-order valence-corrected chi connectivity index (χ3v) is 4.01. The van der Waals surface area contributed by atoms with E-state index in [1.54, 1.807) is 17.7 Å². The van der Waals surface area contributed by atoms with Gasteiger partial charge in [-0.05, 0) is 26.3 Å². The second-order valence-corrected chi connectivity index (χ2v) is 4.83. The summed E-state index contributed by atoms with van der Waals surface area (Å²) in [5.74, 6) is 0. The van der Waals surface area contributed by atoms with Gasteiger partial charge in [-0.3, -0.25) is 0 Å². The maximum absolute atomic E-state index is 4.36. The fourth-order valence-corrected chi connectivity index (χ4v) is 2.87. The molecule has 0 saturated carbocycles. The van der Waals surface area contributed by atoms with Crippen LogP contribution in [0.15, 0.2) is 6.33 Å². The van der Waals surface area contributed by atoms with Crippen LogP contribution < -0.4 is 0 Å². The number of thiophene rings is 1. The molecule has 0 radical (unpaired) electrons. The van der Waals surface area contributed by atoms with Crippen molar-refractivity contribution in [3.63, 3.8) is 0 Å². The summed E-state index contributed by atoms with van der Waals surface area (Å²) in [5, 5.41) is 9.49. The van der Waals surface area contributed by atoms with E-state index < -0.39 is 0 Å². The van der Waals surface area contributed by atoms with Gasteiger partial charge < -0.3 is 0 Å². The molecule has 0 bridgehead atoms. The molecular formula is C11H10N4S. The Balaban J connectivity index is 2.63. The second kappa shape index (κ2) is 3.18. The van der Waals surface area contributed by atoms with E-state index in [1.165, 1.54) is 0 Å². The molecule has 0 fully saturated rings. The van der Waals surface area contributed by atoms with Gasteiger partial charge in [0.15, 0.2) is 0 Å². The largest absolute Gasteiger partial charge is 0.240 e. The molecule has 16 heavy (non-hydrogen) atoms. The second-order valence-electron chi connectivity index (χ2n) is 3.83. The highest BCUT2D eigenvalue weighted by molar-refractivity contribution is 7.25. The lowest BCUT2D eigenvalue weighted by atomic mass is 10.1. The van der Waals surface area contributed by atoms with E-state index >= 15 is 0 Å². The lowest BCUT2D eigenvalue weighted by molar-refractivity contribution is 1.01. The Morgan fingerprint density at radius 2 is 1.81 bits per heavy atom. The molecule has 0 aliphatic rings. The van der Waals surface area contributed by atoms with Gasteiger partial charge in [-0.2, -0.15) is 5.10 Å². The van der Waals surface area contributed by atoms with Crippen LogP contribution in [0.2, 0.25) is 0 Å². The summed E-state index contributed by atoms with van der Waals surface area (Å²) in [6.45, 7) is 6.03. The zero-order chi connectivity index (χ0) is 11.3. The van der Waals surface area contributed by atoms with Gasteiger partial charge >= 0.3 is 0 Å². The average Bonchev–Trinajstić information content (AvgIpc) is 2.64. The van der Waals surface area contributed by atoms with E-state index in [0.29, 0.717) is 0 Å². The first-order chi connectivity index (χ1) is 7.68. The van der Waals surface area contributed by atoms with Gasteiger partial charge in [-0.1, -0.05) is 0 Å². The highest BCUT2D eigenvalue weighted by Crippen LogP contribution is 2.34. The fourth-order valence-electron chi connectivity index (χ4n) is 1.80. The maximum Gasteiger partial charge on any atom is 0.149 e. The van der Waals surface area contributed by atoms with Crippen molar-refractivity contribution in [3.05, 3.63) is 23.3 Å². The molecule has 3 rings (SSSR count). The van der Waals surface area contributed by atoms with Crippen molar-refractivity contribution in [2.75, 3.05) is 0 Å². The Hall–Kier alpha value is -1.62. The van der Waals surface area contributed by atoms with Crippen molar-refractivity contribution in [2.24, 2.45) is 0 Å². The van der Waals surface area contributed by atoms with E-state index in [0.717, 1.165) is 37.4 Å². The Morgan fingerprint density at radius 3 is 2.62 bits per heavy atom. The first-order valence-corrected chi connectivity index (χ1v) is 5.84. The number of aryl methyl sites for hydroxylation is 3. The van der Waals surface area contributed by atoms with Gasteiger partial charge in [0.25, 0.3) is 0 Å². The first-order valence-electron chi connectivity index (χ1n) is 5.02. The molecule has 0 aromatic carbocycles. The lowest BCUT2D eigenvalue weighted by Gasteiger charge is -1.98. The molecular weight excluding hydrogens is 220 g/mol. The first kappa shape index (κ1) is 9.59. The number of aromatic nitrogens is 4. The van der Waals surface area contributed by atoms with Crippen LogP contribution in [-0.2, 0) is 0 Å². The molecule has 0 unspecified atom stereocenters. The minimum atomic E-state index is 0.946. The molecule has 3 heterocycles. The summed E-state index contributed by atoms with van der Waals surface area (Å²) in [7, 11) is 0. The summed E-state index contributed by atoms with van der Waals surface area (Å²) in [6, 6.07) is 0. The Kier molecular flexibility index (Phi) is 1.91. The van der Waals surface area contributed by atoms with Crippen LogP contribution in [0.3, 0.4) is 0 Å². The SMILES string of the molecule is Cc1nnc2sc3c(C)ncnc3c2c1C. The molecule has 3 aromatic rings. The van der Waals surface area contributed by atoms with Crippen LogP contribution in [0.5, 0.6) is 0 Å². The molecule has 0 amide bonds. The van der Waals surface area contributed by atoms with E-state index in [2.05, 4.69) is 27.1 Å². The molecule has 0 saturated heterocycles. The smallest absolute Gasteiger partial charge is 0.149 e. The number of hydrogen-bond acceptors (Lipinski definition) is 5. The molecule has 80 valence electrons. The van der Waals surface area contributed by atoms with Crippen LogP contribution in [-0.4, -0.2) is 20.2 Å². The number of fused-ring (bicyclic) bond motifs is 3. The zero-order valence-electron chi connectivity index (χ0n) is 9.27. The van der Waals surface area contributed by atoms with Gasteiger partial charge in [0.2, 0.25) is 0 Å². The monoisotopic (exact) mass is 230 g/mol.